The number of likely N-dealkylation sites (tertiary alicyclic amines) is 1. The fourth-order valence-corrected chi connectivity index (χ4v) is 10.5. The SMILES string of the molecule is CCC(C)(C)C(=O)N1C(=O)C2C3CC(C4CCCC43)C21.CCC(C)(C)C(=O)OC1(C)C2CC3CC(C2)CC1C3. The highest BCUT2D eigenvalue weighted by atomic mass is 16.6. The van der Waals surface area contributed by atoms with Gasteiger partial charge in [0.25, 0.3) is 0 Å². The van der Waals surface area contributed by atoms with Gasteiger partial charge in [-0.25, -0.2) is 0 Å². The van der Waals surface area contributed by atoms with Crippen LogP contribution in [-0.4, -0.2) is 34.3 Å². The molecule has 1 aliphatic heterocycles. The zero-order valence-corrected chi connectivity index (χ0v) is 25.6. The van der Waals surface area contributed by atoms with E-state index in [9.17, 15) is 14.4 Å². The van der Waals surface area contributed by atoms with Gasteiger partial charge in [-0.2, -0.15) is 0 Å². The Morgan fingerprint density at radius 3 is 1.90 bits per heavy atom. The van der Waals surface area contributed by atoms with Crippen molar-refractivity contribution in [3.63, 3.8) is 0 Å². The smallest absolute Gasteiger partial charge is 0.312 e. The van der Waals surface area contributed by atoms with Gasteiger partial charge in [0.1, 0.15) is 5.60 Å². The van der Waals surface area contributed by atoms with Gasteiger partial charge in [0, 0.05) is 5.41 Å². The van der Waals surface area contributed by atoms with Crippen LogP contribution in [0.15, 0.2) is 0 Å². The Balaban J connectivity index is 0.000000142. The van der Waals surface area contributed by atoms with E-state index in [1.165, 1.54) is 57.8 Å². The number of amides is 2. The van der Waals surface area contributed by atoms with Crippen LogP contribution < -0.4 is 0 Å². The Kier molecular flexibility index (Phi) is 6.63. The van der Waals surface area contributed by atoms with Gasteiger partial charge in [-0.3, -0.25) is 19.3 Å². The topological polar surface area (TPSA) is 63.7 Å². The second-order valence-electron chi connectivity index (χ2n) is 16.2. The first kappa shape index (κ1) is 27.8. The quantitative estimate of drug-likeness (QED) is 0.278. The van der Waals surface area contributed by atoms with Crippen molar-refractivity contribution in [3.05, 3.63) is 0 Å². The maximum absolute atomic E-state index is 12.7. The number of β-lactam (4-membered cyclic amide) rings is 1. The molecule has 8 rings (SSSR count). The molecule has 0 spiro atoms. The van der Waals surface area contributed by atoms with E-state index in [0.29, 0.717) is 23.7 Å². The summed E-state index contributed by atoms with van der Waals surface area (Å²) in [6, 6.07) is 0.269. The van der Waals surface area contributed by atoms with E-state index >= 15 is 0 Å². The molecule has 5 heteroatoms. The van der Waals surface area contributed by atoms with Gasteiger partial charge >= 0.3 is 5.97 Å². The number of carbonyl (C=O) groups is 3. The molecular formula is C34H53NO4. The monoisotopic (exact) mass is 539 g/mol. The third-order valence-corrected chi connectivity index (χ3v) is 13.5. The minimum Gasteiger partial charge on any atom is -0.458 e. The highest BCUT2D eigenvalue weighted by Crippen LogP contribution is 2.66. The lowest BCUT2D eigenvalue weighted by atomic mass is 9.50. The fraction of sp³-hybridized carbons (Fsp3) is 0.912. The molecule has 7 saturated carbocycles. The van der Waals surface area contributed by atoms with Gasteiger partial charge in [0.2, 0.25) is 11.8 Å². The van der Waals surface area contributed by atoms with Crippen LogP contribution in [0.25, 0.3) is 0 Å². The van der Waals surface area contributed by atoms with E-state index in [-0.39, 0.29) is 40.8 Å². The number of hydrogen-bond donors (Lipinski definition) is 0. The Morgan fingerprint density at radius 1 is 0.821 bits per heavy atom. The largest absolute Gasteiger partial charge is 0.458 e. The average Bonchev–Trinajstić information content (AvgIpc) is 3.58. The molecule has 1 saturated heterocycles. The van der Waals surface area contributed by atoms with Crippen molar-refractivity contribution in [2.75, 3.05) is 0 Å². The van der Waals surface area contributed by atoms with Gasteiger partial charge < -0.3 is 4.74 Å². The Morgan fingerprint density at radius 2 is 1.36 bits per heavy atom. The molecule has 6 atom stereocenters. The maximum atomic E-state index is 12.7. The summed E-state index contributed by atoms with van der Waals surface area (Å²) >= 11 is 0. The minimum absolute atomic E-state index is 0.0185. The first-order valence-corrected chi connectivity index (χ1v) is 16.4. The van der Waals surface area contributed by atoms with E-state index in [1.807, 2.05) is 34.6 Å². The highest BCUT2D eigenvalue weighted by Gasteiger charge is 2.70. The zero-order valence-electron chi connectivity index (χ0n) is 25.6. The standard InChI is InChI=1S/C17H25NO2.C17H28O2/c1-4-17(2,3)16(20)18-14-12-8-11(13(14)15(18)19)9-6-5-7-10(9)12;1-5-16(2,3)15(18)19-17(4)13-7-11-6-12(9-13)10-14(17)8-11/h9-14H,4-8H2,1-3H3;11-14H,5-10H2,1-4H3. The van der Waals surface area contributed by atoms with Crippen molar-refractivity contribution < 1.29 is 19.1 Å². The van der Waals surface area contributed by atoms with E-state index in [0.717, 1.165) is 36.5 Å². The summed E-state index contributed by atoms with van der Waals surface area (Å²) < 4.78 is 6.13. The number of ether oxygens (including phenoxy) is 1. The van der Waals surface area contributed by atoms with Crippen molar-refractivity contribution >= 4 is 17.8 Å². The van der Waals surface area contributed by atoms with Crippen LogP contribution in [0.4, 0.5) is 0 Å². The van der Waals surface area contributed by atoms with Crippen molar-refractivity contribution in [1.82, 2.24) is 4.90 Å². The maximum Gasteiger partial charge on any atom is 0.312 e. The number of fused-ring (bicyclic) bond motifs is 8. The summed E-state index contributed by atoms with van der Waals surface area (Å²) in [6.45, 7) is 14.3. The predicted molar refractivity (Wildman–Crippen MR) is 151 cm³/mol. The molecule has 5 nitrogen and oxygen atoms in total. The van der Waals surface area contributed by atoms with Gasteiger partial charge in [-0.05, 0) is 132 Å². The number of imide groups is 1. The van der Waals surface area contributed by atoms with Crippen molar-refractivity contribution in [3.8, 4) is 0 Å². The second-order valence-corrected chi connectivity index (χ2v) is 16.2. The fourth-order valence-electron chi connectivity index (χ4n) is 10.5. The van der Waals surface area contributed by atoms with Crippen molar-refractivity contribution in [2.45, 2.75) is 131 Å². The van der Waals surface area contributed by atoms with Crippen LogP contribution in [0.3, 0.4) is 0 Å². The van der Waals surface area contributed by atoms with Crippen LogP contribution in [0.2, 0.25) is 0 Å². The van der Waals surface area contributed by atoms with E-state index < -0.39 is 5.41 Å². The lowest BCUT2D eigenvalue weighted by Crippen LogP contribution is -2.68. The normalized spacial score (nSPS) is 44.9. The molecule has 6 unspecified atom stereocenters. The number of carbonyl (C=O) groups excluding carboxylic acids is 3. The molecule has 0 N–H and O–H groups in total. The highest BCUT2D eigenvalue weighted by molar-refractivity contribution is 6.04. The van der Waals surface area contributed by atoms with E-state index in [4.69, 9.17) is 4.74 Å². The minimum atomic E-state index is -0.391. The van der Waals surface area contributed by atoms with Crippen LogP contribution >= 0.6 is 0 Å². The molecule has 2 amide bonds. The van der Waals surface area contributed by atoms with Crippen LogP contribution in [0, 0.1) is 64.1 Å². The molecule has 0 aromatic rings. The van der Waals surface area contributed by atoms with Crippen molar-refractivity contribution in [2.24, 2.45) is 64.1 Å². The molecule has 8 aliphatic rings. The van der Waals surface area contributed by atoms with Crippen LogP contribution in [0.5, 0.6) is 0 Å². The Labute approximate surface area is 236 Å². The van der Waals surface area contributed by atoms with Crippen LogP contribution in [-0.2, 0) is 19.1 Å². The lowest BCUT2D eigenvalue weighted by Gasteiger charge is -2.59. The first-order chi connectivity index (χ1) is 18.3. The number of hydrogen-bond acceptors (Lipinski definition) is 4. The number of nitrogens with zero attached hydrogens (tertiary/aromatic N) is 1. The van der Waals surface area contributed by atoms with E-state index in [2.05, 4.69) is 13.8 Å². The van der Waals surface area contributed by atoms with Crippen LogP contribution in [0.1, 0.15) is 119 Å². The molecule has 0 aromatic carbocycles. The summed E-state index contributed by atoms with van der Waals surface area (Å²) in [5, 5.41) is 0. The summed E-state index contributed by atoms with van der Waals surface area (Å²) in [5.74, 6) is 6.41. The molecule has 0 radical (unpaired) electrons. The van der Waals surface area contributed by atoms with E-state index in [1.54, 1.807) is 4.90 Å². The average molecular weight is 540 g/mol. The van der Waals surface area contributed by atoms with Gasteiger partial charge in [0.05, 0.1) is 17.4 Å². The molecule has 0 aromatic heterocycles. The molecule has 39 heavy (non-hydrogen) atoms. The van der Waals surface area contributed by atoms with Gasteiger partial charge in [-0.1, -0.05) is 34.1 Å². The molecule has 1 heterocycles. The third-order valence-electron chi connectivity index (χ3n) is 13.5. The summed E-state index contributed by atoms with van der Waals surface area (Å²) in [6.07, 6.45) is 13.5. The molecule has 6 bridgehead atoms. The van der Waals surface area contributed by atoms with Gasteiger partial charge in [-0.15, -0.1) is 0 Å². The number of esters is 1. The zero-order chi connectivity index (χ0) is 28.1. The summed E-state index contributed by atoms with van der Waals surface area (Å²) in [7, 11) is 0. The molecule has 8 fully saturated rings. The second kappa shape index (κ2) is 9.31. The van der Waals surface area contributed by atoms with Gasteiger partial charge in [0.15, 0.2) is 0 Å². The summed E-state index contributed by atoms with van der Waals surface area (Å²) in [5.41, 5.74) is -0.897. The summed E-state index contributed by atoms with van der Waals surface area (Å²) in [4.78, 5) is 39.4. The number of rotatable bonds is 5. The predicted octanol–water partition coefficient (Wildman–Crippen LogP) is 7.02. The molecule has 218 valence electrons. The Hall–Kier alpha value is -1.39. The van der Waals surface area contributed by atoms with Crippen molar-refractivity contribution in [1.29, 1.82) is 0 Å². The third kappa shape index (κ3) is 4.09. The Bertz CT molecular complexity index is 1000. The lowest BCUT2D eigenvalue weighted by molar-refractivity contribution is -0.211. The molecule has 7 aliphatic carbocycles. The molecular weight excluding hydrogens is 486 g/mol. The first-order valence-electron chi connectivity index (χ1n) is 16.4.